The van der Waals surface area contributed by atoms with Crippen molar-refractivity contribution in [3.8, 4) is 0 Å². The summed E-state index contributed by atoms with van der Waals surface area (Å²) in [5, 5.41) is 48.2. The summed E-state index contributed by atoms with van der Waals surface area (Å²) < 4.78 is 12.7. The molecule has 0 spiro atoms. The molecule has 8 nitrogen and oxygen atoms in total. The van der Waals surface area contributed by atoms with Crippen molar-refractivity contribution in [3.63, 3.8) is 0 Å². The molecular formula is C45H72O8. The maximum absolute atomic E-state index is 13.7. The monoisotopic (exact) mass is 741 g/mol. The lowest BCUT2D eigenvalue weighted by atomic mass is 9.32. The standard InChI is InChI=1S/C45H72O8/c1-13-28(5)39(51)53-38-37(52-34(48)23-27(4)16-14-15-26(2)3)40(6,7)24-30-29-17-18-32-42(10)21-20-33(47)41(8,9)31(42)19-22-43(32,11)44(29,12)35(49)36(50)45(30,38)25-46/h15,17,23,28,30-33,35-38,46-47,49-50H,13-14,16,18-22,24-25H2,1-12H3/b27-23-/t28?,30-,31?,32+,33-,35-,36+,37-,38-,42-,43+,44-,45-/m0/s1. The molecule has 0 radical (unpaired) electrons. The number of aliphatic hydroxyl groups excluding tert-OH is 4. The lowest BCUT2D eigenvalue weighted by Gasteiger charge is -2.73. The molecule has 4 fully saturated rings. The van der Waals surface area contributed by atoms with Gasteiger partial charge in [-0.05, 0) is 113 Å². The summed E-state index contributed by atoms with van der Waals surface area (Å²) in [7, 11) is 0. The zero-order valence-corrected chi connectivity index (χ0v) is 34.9. The average Bonchev–Trinajstić information content (AvgIpc) is 3.07. The molecule has 2 unspecified atom stereocenters. The molecule has 53 heavy (non-hydrogen) atoms. The highest BCUT2D eigenvalue weighted by atomic mass is 16.6. The smallest absolute Gasteiger partial charge is 0.331 e. The van der Waals surface area contributed by atoms with Crippen LogP contribution in [0.1, 0.15) is 141 Å². The number of allylic oxidation sites excluding steroid dienone is 4. The Kier molecular flexibility index (Phi) is 11.5. The maximum atomic E-state index is 13.7. The minimum atomic E-state index is -1.52. The van der Waals surface area contributed by atoms with Crippen molar-refractivity contribution in [2.45, 2.75) is 171 Å². The maximum Gasteiger partial charge on any atom is 0.331 e. The summed E-state index contributed by atoms with van der Waals surface area (Å²) in [5.41, 5.74) is -0.707. The number of carbonyl (C=O) groups is 2. The van der Waals surface area contributed by atoms with Crippen LogP contribution >= 0.6 is 0 Å². The Morgan fingerprint density at radius 2 is 1.58 bits per heavy atom. The van der Waals surface area contributed by atoms with Crippen molar-refractivity contribution in [3.05, 3.63) is 34.9 Å². The third-order valence-corrected chi connectivity index (χ3v) is 16.4. The minimum absolute atomic E-state index is 0.0756. The van der Waals surface area contributed by atoms with E-state index in [-0.39, 0.29) is 22.9 Å². The molecule has 0 saturated heterocycles. The highest BCUT2D eigenvalue weighted by Gasteiger charge is 2.76. The van der Waals surface area contributed by atoms with E-state index in [9.17, 15) is 30.0 Å². The topological polar surface area (TPSA) is 134 Å². The molecule has 5 aliphatic carbocycles. The van der Waals surface area contributed by atoms with Gasteiger partial charge in [0, 0.05) is 16.9 Å². The predicted octanol–water partition coefficient (Wildman–Crippen LogP) is 7.87. The van der Waals surface area contributed by atoms with E-state index < -0.39 is 76.5 Å². The van der Waals surface area contributed by atoms with Gasteiger partial charge >= 0.3 is 11.9 Å². The molecule has 13 atom stereocenters. The molecule has 8 heteroatoms. The number of hydrogen-bond acceptors (Lipinski definition) is 8. The predicted molar refractivity (Wildman–Crippen MR) is 207 cm³/mol. The molecule has 0 aromatic rings. The zero-order chi connectivity index (χ0) is 39.7. The molecule has 0 aromatic heterocycles. The number of esters is 2. The van der Waals surface area contributed by atoms with Crippen LogP contribution in [0, 0.1) is 56.2 Å². The molecule has 5 rings (SSSR count). The van der Waals surface area contributed by atoms with Crippen molar-refractivity contribution in [1.82, 2.24) is 0 Å². The quantitative estimate of drug-likeness (QED) is 0.107. The lowest BCUT2D eigenvalue weighted by molar-refractivity contribution is -0.293. The van der Waals surface area contributed by atoms with Gasteiger partial charge in [0.2, 0.25) is 0 Å². The molecule has 4 saturated carbocycles. The normalized spacial score (nSPS) is 43.5. The SMILES string of the molecule is CCC(C)C(=O)O[C@H]1[C@H](OC(=O)/C=C(/C)CCC=C(C)C)C(C)(C)C[C@H]2C3=CC[C@@H]4[C@@]5(C)CC[C@H](O)C(C)(C)C5CC[C@@]4(C)[C@]3(C)[C@@H](O)[C@@H](O)[C@]21CO. The third-order valence-electron chi connectivity index (χ3n) is 16.4. The summed E-state index contributed by atoms with van der Waals surface area (Å²) >= 11 is 0. The van der Waals surface area contributed by atoms with E-state index in [1.807, 2.05) is 41.5 Å². The van der Waals surface area contributed by atoms with Gasteiger partial charge in [-0.2, -0.15) is 0 Å². The summed E-state index contributed by atoms with van der Waals surface area (Å²) in [6.45, 7) is 24.4. The van der Waals surface area contributed by atoms with Crippen molar-refractivity contribution >= 4 is 11.9 Å². The van der Waals surface area contributed by atoms with Gasteiger partial charge in [0.25, 0.3) is 0 Å². The van der Waals surface area contributed by atoms with Crippen LogP contribution in [0.3, 0.4) is 0 Å². The third kappa shape index (κ3) is 6.42. The van der Waals surface area contributed by atoms with Crippen LogP contribution in [-0.4, -0.2) is 69.5 Å². The Morgan fingerprint density at radius 3 is 2.19 bits per heavy atom. The van der Waals surface area contributed by atoms with Crippen molar-refractivity contribution < 1.29 is 39.5 Å². The van der Waals surface area contributed by atoms with Crippen molar-refractivity contribution in [2.75, 3.05) is 6.61 Å². The highest BCUT2D eigenvalue weighted by Crippen LogP contribution is 2.76. The van der Waals surface area contributed by atoms with Crippen molar-refractivity contribution in [2.24, 2.45) is 56.2 Å². The lowest BCUT2D eigenvalue weighted by Crippen LogP contribution is -2.76. The van der Waals surface area contributed by atoms with Crippen LogP contribution in [0.5, 0.6) is 0 Å². The first kappa shape index (κ1) is 42.1. The number of aliphatic hydroxyl groups is 4. The average molecular weight is 741 g/mol. The molecule has 0 bridgehead atoms. The second-order valence-electron chi connectivity index (χ2n) is 20.3. The van der Waals surface area contributed by atoms with Gasteiger partial charge in [0.1, 0.15) is 6.10 Å². The molecule has 0 amide bonds. The van der Waals surface area contributed by atoms with E-state index in [1.54, 1.807) is 6.92 Å². The molecular weight excluding hydrogens is 668 g/mol. The summed E-state index contributed by atoms with van der Waals surface area (Å²) in [6, 6.07) is 0. The summed E-state index contributed by atoms with van der Waals surface area (Å²) in [5.74, 6) is -1.43. The first-order chi connectivity index (χ1) is 24.5. The van der Waals surface area contributed by atoms with Crippen LogP contribution in [0.4, 0.5) is 0 Å². The van der Waals surface area contributed by atoms with Gasteiger partial charge in [0.15, 0.2) is 6.10 Å². The Labute approximate surface area is 319 Å². The van der Waals surface area contributed by atoms with E-state index in [0.29, 0.717) is 25.2 Å². The Bertz CT molecular complexity index is 1500. The first-order valence-corrected chi connectivity index (χ1v) is 20.6. The van der Waals surface area contributed by atoms with Crippen LogP contribution in [-0.2, 0) is 19.1 Å². The number of ether oxygens (including phenoxy) is 2. The number of fused-ring (bicyclic) bond motifs is 7. The van der Waals surface area contributed by atoms with E-state index in [1.165, 1.54) is 11.6 Å². The van der Waals surface area contributed by atoms with Crippen LogP contribution in [0.25, 0.3) is 0 Å². The zero-order valence-electron chi connectivity index (χ0n) is 34.9. The van der Waals surface area contributed by atoms with E-state index in [0.717, 1.165) is 49.7 Å². The van der Waals surface area contributed by atoms with E-state index in [4.69, 9.17) is 9.47 Å². The highest BCUT2D eigenvalue weighted by molar-refractivity contribution is 5.83. The van der Waals surface area contributed by atoms with E-state index >= 15 is 0 Å². The molecule has 0 heterocycles. The van der Waals surface area contributed by atoms with Gasteiger partial charge in [0.05, 0.1) is 36.3 Å². The van der Waals surface area contributed by atoms with Gasteiger partial charge in [-0.15, -0.1) is 0 Å². The number of hydrogen-bond donors (Lipinski definition) is 4. The second kappa shape index (κ2) is 14.5. The minimum Gasteiger partial charge on any atom is -0.457 e. The summed E-state index contributed by atoms with van der Waals surface area (Å²) in [6.07, 6.45) is 7.25. The Morgan fingerprint density at radius 1 is 0.925 bits per heavy atom. The molecule has 0 aliphatic heterocycles. The molecule has 4 N–H and O–H groups in total. The molecule has 5 aliphatic rings. The van der Waals surface area contributed by atoms with Crippen LogP contribution in [0.15, 0.2) is 34.9 Å². The van der Waals surface area contributed by atoms with Gasteiger partial charge in [-0.1, -0.05) is 91.2 Å². The summed E-state index contributed by atoms with van der Waals surface area (Å²) in [4.78, 5) is 27.4. The fourth-order valence-electron chi connectivity index (χ4n) is 12.7. The largest absolute Gasteiger partial charge is 0.457 e. The van der Waals surface area contributed by atoms with Gasteiger partial charge in [-0.3, -0.25) is 4.79 Å². The number of rotatable bonds is 9. The van der Waals surface area contributed by atoms with Crippen LogP contribution < -0.4 is 0 Å². The molecule has 300 valence electrons. The Balaban J connectivity index is 1.61. The molecule has 0 aromatic carbocycles. The fraction of sp³-hybridized carbons (Fsp3) is 0.822. The Hall–Kier alpha value is -2.00. The van der Waals surface area contributed by atoms with Crippen LogP contribution in [0.2, 0.25) is 0 Å². The van der Waals surface area contributed by atoms with Crippen molar-refractivity contribution in [1.29, 1.82) is 0 Å². The van der Waals surface area contributed by atoms with E-state index in [2.05, 4.69) is 46.8 Å². The number of carbonyl (C=O) groups excluding carboxylic acids is 2. The van der Waals surface area contributed by atoms with Gasteiger partial charge < -0.3 is 29.9 Å². The van der Waals surface area contributed by atoms with Gasteiger partial charge in [-0.25, -0.2) is 4.79 Å². The first-order valence-electron chi connectivity index (χ1n) is 20.6. The second-order valence-corrected chi connectivity index (χ2v) is 20.3. The fourth-order valence-corrected chi connectivity index (χ4v) is 12.7.